The maximum absolute atomic E-state index is 11.3. The Kier molecular flexibility index (Phi) is 7.25. The zero-order valence-corrected chi connectivity index (χ0v) is 23.2. The second-order valence-corrected chi connectivity index (χ2v) is 14.2. The van der Waals surface area contributed by atoms with E-state index in [0.717, 1.165) is 36.5 Å². The number of fused-ring (bicyclic) bond motifs is 5. The highest BCUT2D eigenvalue weighted by molar-refractivity contribution is 7.80. The Morgan fingerprint density at radius 1 is 1.15 bits per heavy atom. The summed E-state index contributed by atoms with van der Waals surface area (Å²) in [6.07, 6.45) is 12.1. The number of allylic oxidation sites excluding steroid dienone is 2. The fraction of sp³-hybridized carbons (Fsp3) is 0.862. The highest BCUT2D eigenvalue weighted by atomic mass is 32.3. The molecule has 4 aliphatic rings. The van der Waals surface area contributed by atoms with E-state index in [9.17, 15) is 8.42 Å². The van der Waals surface area contributed by atoms with E-state index in [1.807, 2.05) is 0 Å². The van der Waals surface area contributed by atoms with E-state index in [0.29, 0.717) is 36.0 Å². The molecule has 34 heavy (non-hydrogen) atoms. The minimum atomic E-state index is -4.39. The van der Waals surface area contributed by atoms with Crippen molar-refractivity contribution in [2.75, 3.05) is 0 Å². The number of hydrogen-bond acceptors (Lipinski definition) is 3. The van der Waals surface area contributed by atoms with Gasteiger partial charge in [0.25, 0.3) is 0 Å². The van der Waals surface area contributed by atoms with Crippen molar-refractivity contribution in [2.24, 2.45) is 52.3 Å². The van der Waals surface area contributed by atoms with Gasteiger partial charge in [0.2, 0.25) is 0 Å². The first kappa shape index (κ1) is 26.4. The van der Waals surface area contributed by atoms with Crippen LogP contribution in [-0.2, 0) is 14.6 Å². The van der Waals surface area contributed by atoms with Gasteiger partial charge in [0, 0.05) is 0 Å². The SMILES string of the molecule is C=C(C)C(C)C(C)C[C@@H](C)[C@H]1CC[C@H]2[C@@H]3CC=C4C[C@@H](OS(=O)(=O)O)CC[C@]4(C)[C@H]3CC[C@]12C. The van der Waals surface area contributed by atoms with Crippen LogP contribution in [0.5, 0.6) is 0 Å². The van der Waals surface area contributed by atoms with Gasteiger partial charge in [-0.1, -0.05) is 58.4 Å². The summed E-state index contributed by atoms with van der Waals surface area (Å²) in [5.74, 6) is 5.07. The van der Waals surface area contributed by atoms with Crippen molar-refractivity contribution in [3.63, 3.8) is 0 Å². The highest BCUT2D eigenvalue weighted by Gasteiger charge is 2.59. The number of hydrogen-bond donors (Lipinski definition) is 1. The van der Waals surface area contributed by atoms with E-state index in [1.54, 1.807) is 0 Å². The van der Waals surface area contributed by atoms with Crippen molar-refractivity contribution in [1.82, 2.24) is 0 Å². The molecule has 3 saturated carbocycles. The molecule has 194 valence electrons. The van der Waals surface area contributed by atoms with Crippen LogP contribution in [0.4, 0.5) is 0 Å². The Bertz CT molecular complexity index is 922. The van der Waals surface area contributed by atoms with E-state index < -0.39 is 16.5 Å². The molecule has 5 heteroatoms. The average molecular weight is 493 g/mol. The van der Waals surface area contributed by atoms with Crippen molar-refractivity contribution in [1.29, 1.82) is 0 Å². The predicted octanol–water partition coefficient (Wildman–Crippen LogP) is 7.63. The molecule has 0 aromatic carbocycles. The lowest BCUT2D eigenvalue weighted by atomic mass is 9.47. The van der Waals surface area contributed by atoms with E-state index in [4.69, 9.17) is 8.74 Å². The van der Waals surface area contributed by atoms with Gasteiger partial charge in [0.05, 0.1) is 6.10 Å². The van der Waals surface area contributed by atoms with Gasteiger partial charge in [-0.2, -0.15) is 8.42 Å². The minimum absolute atomic E-state index is 0.151. The second-order valence-electron chi connectivity index (χ2n) is 13.2. The predicted molar refractivity (Wildman–Crippen MR) is 139 cm³/mol. The summed E-state index contributed by atoms with van der Waals surface area (Å²) >= 11 is 0. The van der Waals surface area contributed by atoms with Crippen molar-refractivity contribution in [3.05, 3.63) is 23.8 Å². The molecule has 4 rings (SSSR count). The van der Waals surface area contributed by atoms with E-state index in [-0.39, 0.29) is 5.41 Å². The summed E-state index contributed by atoms with van der Waals surface area (Å²) in [7, 11) is -4.39. The van der Waals surface area contributed by atoms with Crippen LogP contribution in [0, 0.1) is 52.3 Å². The fourth-order valence-corrected chi connectivity index (χ4v) is 9.81. The van der Waals surface area contributed by atoms with Crippen molar-refractivity contribution in [3.8, 4) is 0 Å². The van der Waals surface area contributed by atoms with Gasteiger partial charge in [0.1, 0.15) is 0 Å². The third kappa shape index (κ3) is 4.70. The molecule has 0 amide bonds. The first-order valence-corrected chi connectivity index (χ1v) is 15.1. The summed E-state index contributed by atoms with van der Waals surface area (Å²) in [5, 5.41) is 0. The van der Waals surface area contributed by atoms with Gasteiger partial charge < -0.3 is 0 Å². The van der Waals surface area contributed by atoms with E-state index >= 15 is 0 Å². The first-order valence-electron chi connectivity index (χ1n) is 13.8. The van der Waals surface area contributed by atoms with E-state index in [2.05, 4.69) is 54.2 Å². The Morgan fingerprint density at radius 3 is 2.50 bits per heavy atom. The van der Waals surface area contributed by atoms with Crippen molar-refractivity contribution >= 4 is 10.4 Å². The lowest BCUT2D eigenvalue weighted by Gasteiger charge is -2.58. The summed E-state index contributed by atoms with van der Waals surface area (Å²) in [6, 6.07) is 0. The molecular weight excluding hydrogens is 444 g/mol. The van der Waals surface area contributed by atoms with Crippen molar-refractivity contribution in [2.45, 2.75) is 105 Å². The molecule has 10 atom stereocenters. The zero-order chi connectivity index (χ0) is 25.1. The van der Waals surface area contributed by atoms with Gasteiger partial charge in [-0.15, -0.1) is 0 Å². The molecule has 0 radical (unpaired) electrons. The maximum atomic E-state index is 11.3. The highest BCUT2D eigenvalue weighted by Crippen LogP contribution is 2.67. The number of rotatable bonds is 7. The maximum Gasteiger partial charge on any atom is 0.397 e. The van der Waals surface area contributed by atoms with E-state index in [1.165, 1.54) is 43.3 Å². The van der Waals surface area contributed by atoms with Gasteiger partial charge in [-0.25, -0.2) is 4.18 Å². The Hall–Kier alpha value is -0.650. The summed E-state index contributed by atoms with van der Waals surface area (Å²) in [4.78, 5) is 0. The molecule has 0 aromatic heterocycles. The molecule has 0 saturated heterocycles. The average Bonchev–Trinajstić information content (AvgIpc) is 3.09. The van der Waals surface area contributed by atoms with Crippen LogP contribution in [0.1, 0.15) is 99.3 Å². The normalized spacial score (nSPS) is 42.6. The van der Waals surface area contributed by atoms with Crippen LogP contribution in [-0.4, -0.2) is 19.1 Å². The van der Waals surface area contributed by atoms with Crippen molar-refractivity contribution < 1.29 is 17.2 Å². The second kappa shape index (κ2) is 9.34. The molecule has 0 aromatic rings. The smallest absolute Gasteiger partial charge is 0.264 e. The summed E-state index contributed by atoms with van der Waals surface area (Å²) < 4.78 is 36.7. The summed E-state index contributed by atoms with van der Waals surface area (Å²) in [5.41, 5.74) is 3.28. The van der Waals surface area contributed by atoms with Gasteiger partial charge in [0.15, 0.2) is 0 Å². The molecular formula is C29H48O4S. The molecule has 2 unspecified atom stereocenters. The molecule has 0 heterocycles. The lowest BCUT2D eigenvalue weighted by molar-refractivity contribution is -0.0569. The monoisotopic (exact) mass is 492 g/mol. The third-order valence-corrected chi connectivity index (χ3v) is 12.0. The van der Waals surface area contributed by atoms with Crippen LogP contribution in [0.3, 0.4) is 0 Å². The summed E-state index contributed by atoms with van der Waals surface area (Å²) in [6.45, 7) is 18.7. The molecule has 0 aliphatic heterocycles. The molecule has 1 N–H and O–H groups in total. The zero-order valence-electron chi connectivity index (χ0n) is 22.3. The molecule has 3 fully saturated rings. The van der Waals surface area contributed by atoms with Crippen LogP contribution >= 0.6 is 0 Å². The molecule has 4 nitrogen and oxygen atoms in total. The third-order valence-electron chi connectivity index (χ3n) is 11.5. The molecule has 0 spiro atoms. The fourth-order valence-electron chi connectivity index (χ4n) is 9.30. The molecule has 0 bridgehead atoms. The largest absolute Gasteiger partial charge is 0.397 e. The standard InChI is InChI=1S/C29H48O4S/c1-18(2)21(5)19(3)16-20(4)25-10-11-26-24-9-8-22-17-23(33-34(30,31)32)12-14-28(22,6)27(24)13-15-29(25,26)7/h8,19-21,23-27H,1,9-17H2,2-7H3,(H,30,31,32)/t19?,20-,21?,23+,24+,25-,26+,27+,28+,29-/m1/s1. The quantitative estimate of drug-likeness (QED) is 0.293. The topological polar surface area (TPSA) is 63.6 Å². The Morgan fingerprint density at radius 2 is 1.85 bits per heavy atom. The van der Waals surface area contributed by atoms with Crippen LogP contribution in [0.2, 0.25) is 0 Å². The Balaban J connectivity index is 1.49. The Labute approximate surface area is 209 Å². The van der Waals surface area contributed by atoms with Crippen LogP contribution in [0.25, 0.3) is 0 Å². The van der Waals surface area contributed by atoms with Gasteiger partial charge >= 0.3 is 10.4 Å². The molecule has 4 aliphatic carbocycles. The first-order chi connectivity index (χ1) is 15.8. The van der Waals surface area contributed by atoms with Gasteiger partial charge in [-0.05, 0) is 117 Å². The van der Waals surface area contributed by atoms with Crippen LogP contribution in [0.15, 0.2) is 23.8 Å². The van der Waals surface area contributed by atoms with Crippen LogP contribution < -0.4 is 0 Å². The minimum Gasteiger partial charge on any atom is -0.264 e. The van der Waals surface area contributed by atoms with Gasteiger partial charge in [-0.3, -0.25) is 4.55 Å². The lowest BCUT2D eigenvalue weighted by Crippen LogP contribution is -2.51.